The van der Waals surface area contributed by atoms with Crippen LogP contribution in [0.2, 0.25) is 0 Å². The van der Waals surface area contributed by atoms with Crippen LogP contribution < -0.4 is 10.2 Å². The first kappa shape index (κ1) is 19.5. The number of anilines is 1. The first-order chi connectivity index (χ1) is 14.3. The summed E-state index contributed by atoms with van der Waals surface area (Å²) in [5, 5.41) is 5.78. The number of piperazine rings is 1. The summed E-state index contributed by atoms with van der Waals surface area (Å²) in [5.74, 6) is -0.114. The van der Waals surface area contributed by atoms with E-state index < -0.39 is 0 Å². The Balaban J connectivity index is 1.22. The summed E-state index contributed by atoms with van der Waals surface area (Å²) in [7, 11) is 0. The maximum absolute atomic E-state index is 12.3. The highest BCUT2D eigenvalue weighted by Crippen LogP contribution is 2.18. The largest absolute Gasteiger partial charge is 0.369 e. The second kappa shape index (κ2) is 9.62. The molecule has 0 bridgehead atoms. The topological polar surface area (TPSA) is 61.4 Å². The van der Waals surface area contributed by atoms with Crippen LogP contribution in [0.3, 0.4) is 0 Å². The van der Waals surface area contributed by atoms with E-state index in [1.807, 2.05) is 23.6 Å². The Labute approximate surface area is 175 Å². The van der Waals surface area contributed by atoms with Gasteiger partial charge in [-0.1, -0.05) is 24.3 Å². The Morgan fingerprint density at radius 3 is 2.59 bits per heavy atom. The number of nitrogens with zero attached hydrogens (tertiary/aromatic N) is 4. The minimum Gasteiger partial charge on any atom is -0.369 e. The molecular formula is C22H25N5OS. The molecule has 1 aromatic carbocycles. The quantitative estimate of drug-likeness (QED) is 0.653. The van der Waals surface area contributed by atoms with Crippen LogP contribution in [-0.2, 0) is 13.0 Å². The molecule has 2 aromatic heterocycles. The molecule has 0 radical (unpaired) electrons. The average molecular weight is 408 g/mol. The molecule has 1 fully saturated rings. The molecule has 1 amide bonds. The lowest BCUT2D eigenvalue weighted by Crippen LogP contribution is -2.45. The van der Waals surface area contributed by atoms with Gasteiger partial charge in [-0.15, -0.1) is 11.3 Å². The van der Waals surface area contributed by atoms with Crippen molar-refractivity contribution >= 4 is 22.9 Å². The molecule has 29 heavy (non-hydrogen) atoms. The van der Waals surface area contributed by atoms with Gasteiger partial charge in [-0.2, -0.15) is 0 Å². The van der Waals surface area contributed by atoms with Gasteiger partial charge in [-0.3, -0.25) is 14.7 Å². The zero-order valence-electron chi connectivity index (χ0n) is 16.3. The molecule has 1 aliphatic rings. The van der Waals surface area contributed by atoms with Gasteiger partial charge < -0.3 is 10.2 Å². The molecule has 1 saturated heterocycles. The zero-order valence-corrected chi connectivity index (χ0v) is 17.1. The van der Waals surface area contributed by atoms with Crippen LogP contribution in [0.5, 0.6) is 0 Å². The Kier molecular flexibility index (Phi) is 6.49. The number of carbonyl (C=O) groups excluding carboxylic acids is 1. The van der Waals surface area contributed by atoms with E-state index in [0.29, 0.717) is 12.2 Å². The molecule has 3 aromatic rings. The molecule has 4 rings (SSSR count). The van der Waals surface area contributed by atoms with Crippen LogP contribution in [-0.4, -0.2) is 53.5 Å². The van der Waals surface area contributed by atoms with E-state index in [-0.39, 0.29) is 5.91 Å². The number of thiazole rings is 1. The van der Waals surface area contributed by atoms with Crippen molar-refractivity contribution in [3.8, 4) is 0 Å². The number of nitrogens with one attached hydrogen (secondary N) is 1. The monoisotopic (exact) mass is 407 g/mol. The number of rotatable bonds is 7. The van der Waals surface area contributed by atoms with E-state index in [4.69, 9.17) is 0 Å². The first-order valence-corrected chi connectivity index (χ1v) is 10.8. The van der Waals surface area contributed by atoms with Crippen LogP contribution in [0.15, 0.2) is 60.1 Å². The molecule has 3 heterocycles. The third-order valence-electron chi connectivity index (χ3n) is 5.03. The normalized spacial score (nSPS) is 14.7. The Morgan fingerprint density at radius 1 is 1.03 bits per heavy atom. The number of carbonyl (C=O) groups is 1. The summed E-state index contributed by atoms with van der Waals surface area (Å²) in [4.78, 5) is 26.0. The SMILES string of the molecule is O=C(NCCc1ccccn1)c1csc(CN2CCN(c3ccccc3)CC2)n1. The third-order valence-corrected chi connectivity index (χ3v) is 5.86. The summed E-state index contributed by atoms with van der Waals surface area (Å²) < 4.78 is 0. The van der Waals surface area contributed by atoms with E-state index >= 15 is 0 Å². The predicted octanol–water partition coefficient (Wildman–Crippen LogP) is 2.83. The van der Waals surface area contributed by atoms with Gasteiger partial charge in [0.1, 0.15) is 10.7 Å². The van der Waals surface area contributed by atoms with E-state index in [0.717, 1.165) is 49.8 Å². The lowest BCUT2D eigenvalue weighted by molar-refractivity contribution is 0.0949. The molecule has 0 spiro atoms. The highest BCUT2D eigenvalue weighted by molar-refractivity contribution is 7.09. The average Bonchev–Trinajstić information content (AvgIpc) is 3.24. The summed E-state index contributed by atoms with van der Waals surface area (Å²) in [6.07, 6.45) is 2.48. The maximum Gasteiger partial charge on any atom is 0.270 e. The highest BCUT2D eigenvalue weighted by atomic mass is 32.1. The smallest absolute Gasteiger partial charge is 0.270 e. The van der Waals surface area contributed by atoms with Gasteiger partial charge in [-0.05, 0) is 24.3 Å². The number of hydrogen-bond acceptors (Lipinski definition) is 6. The van der Waals surface area contributed by atoms with Crippen molar-refractivity contribution in [2.45, 2.75) is 13.0 Å². The van der Waals surface area contributed by atoms with Crippen molar-refractivity contribution in [3.63, 3.8) is 0 Å². The fraction of sp³-hybridized carbons (Fsp3) is 0.318. The summed E-state index contributed by atoms with van der Waals surface area (Å²) >= 11 is 1.56. The lowest BCUT2D eigenvalue weighted by atomic mass is 10.2. The summed E-state index contributed by atoms with van der Waals surface area (Å²) in [6, 6.07) is 16.3. The molecule has 0 atom stereocenters. The number of pyridine rings is 1. The fourth-order valence-electron chi connectivity index (χ4n) is 3.42. The van der Waals surface area contributed by atoms with Crippen LogP contribution in [0.1, 0.15) is 21.2 Å². The molecule has 6 nitrogen and oxygen atoms in total. The van der Waals surface area contributed by atoms with E-state index in [1.165, 1.54) is 5.69 Å². The lowest BCUT2D eigenvalue weighted by Gasteiger charge is -2.35. The molecule has 1 aliphatic heterocycles. The maximum atomic E-state index is 12.3. The van der Waals surface area contributed by atoms with Crippen molar-refractivity contribution in [3.05, 3.63) is 76.5 Å². The number of aromatic nitrogens is 2. The summed E-state index contributed by atoms with van der Waals surface area (Å²) in [6.45, 7) is 5.38. The van der Waals surface area contributed by atoms with Crippen molar-refractivity contribution in [2.24, 2.45) is 0 Å². The van der Waals surface area contributed by atoms with Crippen molar-refractivity contribution in [2.75, 3.05) is 37.6 Å². The number of hydrogen-bond donors (Lipinski definition) is 1. The molecule has 0 aliphatic carbocycles. The molecule has 0 unspecified atom stereocenters. The van der Waals surface area contributed by atoms with Crippen molar-refractivity contribution in [1.82, 2.24) is 20.2 Å². The molecule has 1 N–H and O–H groups in total. The van der Waals surface area contributed by atoms with Gasteiger partial charge in [0.25, 0.3) is 5.91 Å². The highest BCUT2D eigenvalue weighted by Gasteiger charge is 2.19. The minimum absolute atomic E-state index is 0.114. The van der Waals surface area contributed by atoms with Crippen molar-refractivity contribution < 1.29 is 4.79 Å². The number of amides is 1. The van der Waals surface area contributed by atoms with E-state index in [2.05, 4.69) is 55.4 Å². The molecule has 7 heteroatoms. The molecule has 0 saturated carbocycles. The molecular weight excluding hydrogens is 382 g/mol. The minimum atomic E-state index is -0.114. The zero-order chi connectivity index (χ0) is 19.9. The predicted molar refractivity (Wildman–Crippen MR) is 116 cm³/mol. The second-order valence-electron chi connectivity index (χ2n) is 7.05. The van der Waals surface area contributed by atoms with Crippen LogP contribution in [0, 0.1) is 0 Å². The van der Waals surface area contributed by atoms with Crippen LogP contribution >= 0.6 is 11.3 Å². The van der Waals surface area contributed by atoms with Gasteiger partial charge in [0.2, 0.25) is 0 Å². The van der Waals surface area contributed by atoms with E-state index in [1.54, 1.807) is 17.5 Å². The molecule has 150 valence electrons. The Morgan fingerprint density at radius 2 is 1.83 bits per heavy atom. The third kappa shape index (κ3) is 5.40. The number of benzene rings is 1. The van der Waals surface area contributed by atoms with Gasteiger partial charge in [0, 0.05) is 62.1 Å². The van der Waals surface area contributed by atoms with Gasteiger partial charge in [0.05, 0.1) is 6.54 Å². The Hall–Kier alpha value is -2.77. The van der Waals surface area contributed by atoms with Gasteiger partial charge in [-0.25, -0.2) is 4.98 Å². The van der Waals surface area contributed by atoms with Crippen molar-refractivity contribution in [1.29, 1.82) is 0 Å². The van der Waals surface area contributed by atoms with Gasteiger partial charge in [0.15, 0.2) is 0 Å². The summed E-state index contributed by atoms with van der Waals surface area (Å²) in [5.41, 5.74) is 2.77. The van der Waals surface area contributed by atoms with Crippen LogP contribution in [0.4, 0.5) is 5.69 Å². The second-order valence-corrected chi connectivity index (χ2v) is 7.99. The standard InChI is InChI=1S/C22H25N5OS/c28-22(24-11-9-18-6-4-5-10-23-18)20-17-29-21(25-20)16-26-12-14-27(15-13-26)19-7-2-1-3-8-19/h1-8,10,17H,9,11-16H2,(H,24,28). The number of para-hydroxylation sites is 1. The Bertz CT molecular complexity index is 907. The first-order valence-electron chi connectivity index (χ1n) is 9.93. The van der Waals surface area contributed by atoms with Gasteiger partial charge >= 0.3 is 0 Å². The van der Waals surface area contributed by atoms with Crippen LogP contribution in [0.25, 0.3) is 0 Å². The fourth-order valence-corrected chi connectivity index (χ4v) is 4.24. The van der Waals surface area contributed by atoms with E-state index in [9.17, 15) is 4.79 Å².